The molecule has 4 atom stereocenters. The van der Waals surface area contributed by atoms with Crippen LogP contribution in [0.1, 0.15) is 53.8 Å². The lowest BCUT2D eigenvalue weighted by atomic mass is 9.89. The number of carbonyl (C=O) groups excluding carboxylic acids is 4. The van der Waals surface area contributed by atoms with Crippen molar-refractivity contribution >= 4 is 29.5 Å². The molecule has 2 rings (SSSR count). The maximum Gasteiger partial charge on any atom is 0.239 e. The molecule has 0 aromatic heterocycles. The number of hydrogen-bond donors (Lipinski definition) is 7. The molecular weight excluding hydrogens is 548 g/mol. The summed E-state index contributed by atoms with van der Waals surface area (Å²) in [5, 5.41) is 5.11. The summed E-state index contributed by atoms with van der Waals surface area (Å²) in [6.07, 6.45) is 0.00348. The molecule has 0 bridgehead atoms. The molecule has 0 aliphatic heterocycles. The Balaban J connectivity index is 2.28. The average molecular weight is 598 g/mol. The molecule has 0 aliphatic rings. The molecule has 2 aromatic rings. The van der Waals surface area contributed by atoms with Crippen LogP contribution in [0.3, 0.4) is 0 Å². The maximum atomic E-state index is 13.8. The second kappa shape index (κ2) is 19.0. The number of primary amides is 1. The first-order chi connectivity index (χ1) is 21.6. The van der Waals surface area contributed by atoms with Crippen molar-refractivity contribution in [2.24, 2.45) is 39.6 Å². The minimum Gasteiger partial charge on any atom is -0.370 e. The van der Waals surface area contributed by atoms with Gasteiger partial charge in [-0.15, -0.1) is 0 Å². The number of Topliss-reactive ketones (excluding diaryl/α,β-unsaturated/α-hetero) is 1. The van der Waals surface area contributed by atoms with Gasteiger partial charge in [0, 0.05) is 21.6 Å². The van der Waals surface area contributed by atoms with Crippen molar-refractivity contribution in [1.82, 2.24) is 10.6 Å². The van der Waals surface area contributed by atoms with Crippen LogP contribution in [0, 0.1) is 5.92 Å². The fourth-order valence-corrected chi connectivity index (χ4v) is 4.46. The van der Waals surface area contributed by atoms with Crippen molar-refractivity contribution in [2.45, 2.75) is 69.5 Å². The SMILES string of the molecule is [2H]C([2H])(N)CCC[C@]([2H])(NC(=O)[C@@H](CC(=O)[C@@H](CCCN=C(N)N)NC(=O)[C@@H](N)Cc1ccccc1)Cc1ccccc1)C(N)=O. The van der Waals surface area contributed by atoms with Crippen molar-refractivity contribution in [3.8, 4) is 0 Å². The van der Waals surface area contributed by atoms with Gasteiger partial charge in [-0.3, -0.25) is 24.2 Å². The van der Waals surface area contributed by atoms with E-state index in [9.17, 15) is 19.2 Å². The van der Waals surface area contributed by atoms with Gasteiger partial charge in [0.25, 0.3) is 0 Å². The zero-order chi connectivity index (χ0) is 34.3. The zero-order valence-corrected chi connectivity index (χ0v) is 24.3. The van der Waals surface area contributed by atoms with Gasteiger partial charge in [-0.1, -0.05) is 60.7 Å². The van der Waals surface area contributed by atoms with E-state index in [-0.39, 0.29) is 57.5 Å². The number of nitrogens with two attached hydrogens (primary N) is 5. The average Bonchev–Trinajstić information content (AvgIpc) is 2.98. The van der Waals surface area contributed by atoms with E-state index in [0.29, 0.717) is 6.42 Å². The van der Waals surface area contributed by atoms with E-state index in [2.05, 4.69) is 15.6 Å². The topological polar surface area (TPSA) is 235 Å². The van der Waals surface area contributed by atoms with Crippen molar-refractivity contribution in [3.63, 3.8) is 0 Å². The van der Waals surface area contributed by atoms with Crippen molar-refractivity contribution in [2.75, 3.05) is 13.0 Å². The molecule has 0 aliphatic carbocycles. The van der Waals surface area contributed by atoms with Crippen LogP contribution in [-0.4, -0.2) is 60.6 Å². The fraction of sp³-hybridized carbons (Fsp3) is 0.452. The zero-order valence-electron chi connectivity index (χ0n) is 27.3. The van der Waals surface area contributed by atoms with E-state index in [1.807, 2.05) is 30.3 Å². The number of hydrogen-bond acceptors (Lipinski definition) is 7. The molecule has 12 N–H and O–H groups in total. The smallest absolute Gasteiger partial charge is 0.239 e. The normalized spacial score (nSPS) is 15.7. The molecule has 2 aromatic carbocycles. The first-order valence-corrected chi connectivity index (χ1v) is 14.2. The van der Waals surface area contributed by atoms with Gasteiger partial charge < -0.3 is 39.3 Å². The van der Waals surface area contributed by atoms with E-state index in [4.69, 9.17) is 32.8 Å². The molecule has 43 heavy (non-hydrogen) atoms. The Hall–Kier alpha value is -4.29. The minimum absolute atomic E-state index is 0.00829. The summed E-state index contributed by atoms with van der Waals surface area (Å²) in [6.45, 7) is -1.83. The molecule has 234 valence electrons. The molecule has 3 amide bonds. The Morgan fingerprint density at radius 3 is 1.98 bits per heavy atom. The Morgan fingerprint density at radius 2 is 1.42 bits per heavy atom. The Morgan fingerprint density at radius 1 is 0.814 bits per heavy atom. The number of nitrogens with zero attached hydrogens (tertiary/aromatic N) is 1. The minimum atomic E-state index is -2.27. The monoisotopic (exact) mass is 597 g/mol. The summed E-state index contributed by atoms with van der Waals surface area (Å²) in [4.78, 5) is 56.7. The van der Waals surface area contributed by atoms with Gasteiger partial charge in [0.15, 0.2) is 11.7 Å². The molecule has 0 saturated carbocycles. The van der Waals surface area contributed by atoms with E-state index in [1.54, 1.807) is 30.3 Å². The highest BCUT2D eigenvalue weighted by atomic mass is 16.2. The molecule has 0 fully saturated rings. The van der Waals surface area contributed by atoms with Crippen LogP contribution in [-0.2, 0) is 32.0 Å². The van der Waals surface area contributed by atoms with Crippen LogP contribution in [0.5, 0.6) is 0 Å². The third kappa shape index (κ3) is 13.5. The van der Waals surface area contributed by atoms with Gasteiger partial charge in [-0.25, -0.2) is 0 Å². The van der Waals surface area contributed by atoms with Crippen LogP contribution in [0.15, 0.2) is 65.7 Å². The Kier molecular flexibility index (Phi) is 13.3. The number of carbonyl (C=O) groups is 4. The summed E-state index contributed by atoms with van der Waals surface area (Å²) < 4.78 is 23.6. The van der Waals surface area contributed by atoms with E-state index in [1.165, 1.54) is 0 Å². The lowest BCUT2D eigenvalue weighted by molar-refractivity contribution is -0.133. The maximum absolute atomic E-state index is 13.8. The van der Waals surface area contributed by atoms with Crippen LogP contribution in [0.25, 0.3) is 0 Å². The van der Waals surface area contributed by atoms with E-state index >= 15 is 0 Å². The third-order valence-electron chi connectivity index (χ3n) is 6.75. The fourth-order valence-electron chi connectivity index (χ4n) is 4.46. The molecule has 0 heterocycles. The Labute approximate surface area is 257 Å². The summed E-state index contributed by atoms with van der Waals surface area (Å²) in [5.74, 6) is -4.09. The summed E-state index contributed by atoms with van der Waals surface area (Å²) in [7, 11) is 0. The molecule has 0 spiro atoms. The van der Waals surface area contributed by atoms with Crippen LogP contribution < -0.4 is 39.3 Å². The van der Waals surface area contributed by atoms with Gasteiger partial charge in [0.1, 0.15) is 6.02 Å². The van der Waals surface area contributed by atoms with Gasteiger partial charge in [0.05, 0.1) is 13.5 Å². The lowest BCUT2D eigenvalue weighted by Crippen LogP contribution is -2.51. The number of guanidine groups is 1. The van der Waals surface area contributed by atoms with Crippen molar-refractivity contribution in [1.29, 1.82) is 0 Å². The van der Waals surface area contributed by atoms with Crippen LogP contribution >= 0.6 is 0 Å². The summed E-state index contributed by atoms with van der Waals surface area (Å²) >= 11 is 0. The highest BCUT2D eigenvalue weighted by molar-refractivity contribution is 5.94. The largest absolute Gasteiger partial charge is 0.370 e. The lowest BCUT2D eigenvalue weighted by Gasteiger charge is -2.24. The summed E-state index contributed by atoms with van der Waals surface area (Å²) in [5.41, 5.74) is 29.4. The second-order valence-electron chi connectivity index (χ2n) is 10.3. The highest BCUT2D eigenvalue weighted by Crippen LogP contribution is 2.17. The number of ketones is 1. The predicted octanol–water partition coefficient (Wildman–Crippen LogP) is 0.0120. The summed E-state index contributed by atoms with van der Waals surface area (Å²) in [6, 6.07) is 13.8. The Bertz CT molecular complexity index is 1320. The highest BCUT2D eigenvalue weighted by Gasteiger charge is 2.30. The predicted molar refractivity (Wildman–Crippen MR) is 167 cm³/mol. The number of amides is 3. The van der Waals surface area contributed by atoms with Crippen LogP contribution in [0.2, 0.25) is 0 Å². The second-order valence-corrected chi connectivity index (χ2v) is 10.3. The molecular formula is C31H46N8O4. The standard InChI is InChI=1S/C31H46N8O4/c32-16-8-7-14-26(28(34)41)39-29(42)23(18-21-10-3-1-4-11-21)20-27(40)25(15-9-17-37-31(35)36)38-30(43)24(33)19-22-12-5-2-6-13-22/h1-6,10-13,23-26H,7-9,14-20,32-33H2,(H2,34,41)(H,38,43)(H,39,42)(H4,35,36,37)/t23-,24+,25-,26+/m1/s1/i16D2,26D. The number of nitrogens with one attached hydrogen (secondary N) is 2. The molecule has 12 nitrogen and oxygen atoms in total. The molecule has 0 unspecified atom stereocenters. The quantitative estimate of drug-likeness (QED) is 0.0622. The molecule has 0 radical (unpaired) electrons. The van der Waals surface area contributed by atoms with Gasteiger partial charge in [0.2, 0.25) is 17.7 Å². The molecule has 0 saturated heterocycles. The number of rotatable bonds is 20. The van der Waals surface area contributed by atoms with Gasteiger partial charge >= 0.3 is 0 Å². The first kappa shape index (κ1) is 30.2. The number of benzene rings is 2. The third-order valence-corrected chi connectivity index (χ3v) is 6.75. The van der Waals surface area contributed by atoms with E-state index in [0.717, 1.165) is 11.1 Å². The molecule has 12 heteroatoms. The first-order valence-electron chi connectivity index (χ1n) is 15.7. The van der Waals surface area contributed by atoms with Crippen molar-refractivity contribution in [3.05, 3.63) is 71.8 Å². The van der Waals surface area contributed by atoms with Gasteiger partial charge in [-0.05, 0) is 62.6 Å². The van der Waals surface area contributed by atoms with E-state index < -0.39 is 54.0 Å². The van der Waals surface area contributed by atoms with Crippen LogP contribution in [0.4, 0.5) is 0 Å². The van der Waals surface area contributed by atoms with Gasteiger partial charge in [-0.2, -0.15) is 0 Å². The van der Waals surface area contributed by atoms with Crippen molar-refractivity contribution < 1.29 is 23.3 Å². The number of aliphatic imine (C=N–C) groups is 1.